The fourth-order valence-corrected chi connectivity index (χ4v) is 3.06. The van der Waals surface area contributed by atoms with Gasteiger partial charge in [0.05, 0.1) is 19.4 Å². The van der Waals surface area contributed by atoms with Gasteiger partial charge in [-0.05, 0) is 26.8 Å². The average molecular weight is 334 g/mol. The Hall–Kier alpha value is -1.70. The summed E-state index contributed by atoms with van der Waals surface area (Å²) < 4.78 is 16.6. The Morgan fingerprint density at radius 3 is 2.92 bits per heavy atom. The number of ether oxygens (including phenoxy) is 1. The first-order valence-electron chi connectivity index (χ1n) is 8.58. The van der Waals surface area contributed by atoms with Crippen molar-refractivity contribution in [3.05, 3.63) is 23.8 Å². The summed E-state index contributed by atoms with van der Waals surface area (Å²) in [5.41, 5.74) is 1.00. The topological polar surface area (TPSA) is 67.8 Å². The van der Waals surface area contributed by atoms with Crippen molar-refractivity contribution in [2.24, 2.45) is 0 Å². The summed E-state index contributed by atoms with van der Waals surface area (Å²) in [5.74, 6) is 1.74. The van der Waals surface area contributed by atoms with Crippen molar-refractivity contribution in [2.75, 3.05) is 39.4 Å². The van der Waals surface area contributed by atoms with E-state index in [1.807, 2.05) is 19.9 Å². The minimum absolute atomic E-state index is 0.455. The van der Waals surface area contributed by atoms with Crippen LogP contribution in [-0.2, 0) is 11.3 Å². The number of nitrogens with zero attached hydrogens (tertiary/aromatic N) is 4. The van der Waals surface area contributed by atoms with Crippen LogP contribution in [0.5, 0.6) is 0 Å². The zero-order chi connectivity index (χ0) is 16.9. The summed E-state index contributed by atoms with van der Waals surface area (Å²) in [6.45, 7) is 12.5. The first kappa shape index (κ1) is 17.1. The van der Waals surface area contributed by atoms with Gasteiger partial charge in [0.15, 0.2) is 5.76 Å². The molecule has 0 radical (unpaired) electrons. The first-order chi connectivity index (χ1) is 11.7. The zero-order valence-electron chi connectivity index (χ0n) is 14.7. The minimum atomic E-state index is 0.455. The lowest BCUT2D eigenvalue weighted by Crippen LogP contribution is -2.52. The van der Waals surface area contributed by atoms with E-state index in [1.54, 1.807) is 6.26 Å². The number of rotatable bonds is 7. The summed E-state index contributed by atoms with van der Waals surface area (Å²) in [4.78, 5) is 4.83. The monoisotopic (exact) mass is 334 g/mol. The van der Waals surface area contributed by atoms with Crippen LogP contribution >= 0.6 is 0 Å². The molecule has 7 heteroatoms. The molecule has 1 aliphatic heterocycles. The smallest absolute Gasteiger partial charge is 0.283 e. The van der Waals surface area contributed by atoms with E-state index in [4.69, 9.17) is 13.6 Å². The number of hydrogen-bond acceptors (Lipinski definition) is 7. The lowest BCUT2D eigenvalue weighted by molar-refractivity contribution is 0.0437. The highest BCUT2D eigenvalue weighted by Crippen LogP contribution is 2.23. The lowest BCUT2D eigenvalue weighted by Gasteiger charge is -2.39. The summed E-state index contributed by atoms with van der Waals surface area (Å²) in [6, 6.07) is 2.39. The molecule has 1 aliphatic rings. The zero-order valence-corrected chi connectivity index (χ0v) is 14.7. The molecular formula is C17H26N4O3. The Bertz CT molecular complexity index is 639. The predicted molar refractivity (Wildman–Crippen MR) is 89.5 cm³/mol. The molecule has 24 heavy (non-hydrogen) atoms. The Morgan fingerprint density at radius 2 is 2.21 bits per heavy atom. The van der Waals surface area contributed by atoms with Crippen molar-refractivity contribution >= 4 is 0 Å². The Kier molecular flexibility index (Phi) is 5.65. The molecule has 0 aliphatic carbocycles. The van der Waals surface area contributed by atoms with Crippen LogP contribution in [0.2, 0.25) is 0 Å². The van der Waals surface area contributed by atoms with E-state index in [9.17, 15) is 0 Å². The summed E-state index contributed by atoms with van der Waals surface area (Å²) in [6.07, 6.45) is 1.64. The van der Waals surface area contributed by atoms with Gasteiger partial charge in [-0.3, -0.25) is 9.80 Å². The van der Waals surface area contributed by atoms with Gasteiger partial charge in [0.25, 0.3) is 5.89 Å². The highest BCUT2D eigenvalue weighted by atomic mass is 16.5. The van der Waals surface area contributed by atoms with E-state index in [1.165, 1.54) is 0 Å². The molecule has 1 saturated heterocycles. The molecule has 0 bridgehead atoms. The minimum Gasteiger partial charge on any atom is -0.459 e. The van der Waals surface area contributed by atoms with Crippen molar-refractivity contribution in [3.8, 4) is 11.7 Å². The summed E-state index contributed by atoms with van der Waals surface area (Å²) in [7, 11) is 0. The van der Waals surface area contributed by atoms with E-state index in [0.717, 1.165) is 45.0 Å². The molecule has 3 rings (SSSR count). The van der Waals surface area contributed by atoms with Gasteiger partial charge in [-0.15, -0.1) is 10.2 Å². The molecule has 2 aromatic heterocycles. The second kappa shape index (κ2) is 7.92. The fourth-order valence-electron chi connectivity index (χ4n) is 3.06. The van der Waals surface area contributed by atoms with Crippen molar-refractivity contribution in [2.45, 2.75) is 33.4 Å². The van der Waals surface area contributed by atoms with Crippen LogP contribution in [0.25, 0.3) is 11.7 Å². The molecule has 1 atom stereocenters. The maximum Gasteiger partial charge on any atom is 0.283 e. The number of aryl methyl sites for hydroxylation is 1. The first-order valence-corrected chi connectivity index (χ1v) is 8.58. The molecule has 0 aromatic carbocycles. The largest absolute Gasteiger partial charge is 0.459 e. The second-order valence-corrected chi connectivity index (χ2v) is 6.25. The van der Waals surface area contributed by atoms with Crippen molar-refractivity contribution in [1.29, 1.82) is 0 Å². The van der Waals surface area contributed by atoms with Gasteiger partial charge in [0.1, 0.15) is 0 Å². The molecule has 1 unspecified atom stereocenters. The van der Waals surface area contributed by atoms with E-state index in [-0.39, 0.29) is 0 Å². The van der Waals surface area contributed by atoms with Crippen LogP contribution in [0.1, 0.15) is 25.3 Å². The normalized spacial score (nSPS) is 19.9. The number of aromatic nitrogens is 2. The third-order valence-corrected chi connectivity index (χ3v) is 4.46. The van der Waals surface area contributed by atoms with Gasteiger partial charge in [0, 0.05) is 44.4 Å². The van der Waals surface area contributed by atoms with Crippen LogP contribution in [0.4, 0.5) is 0 Å². The fraction of sp³-hybridized carbons (Fsp3) is 0.647. The molecule has 1 fully saturated rings. The standard InChI is InChI=1S/C17H26N4O3/c1-4-22-10-8-21-7-6-20(11-14(21)3)12-15-18-19-17(24-15)16-13(2)5-9-23-16/h5,9,14H,4,6-8,10-12H2,1-3H3. The summed E-state index contributed by atoms with van der Waals surface area (Å²) >= 11 is 0. The molecule has 0 spiro atoms. The Morgan fingerprint density at radius 1 is 1.33 bits per heavy atom. The highest BCUT2D eigenvalue weighted by molar-refractivity contribution is 5.49. The number of furan rings is 1. The van der Waals surface area contributed by atoms with Gasteiger partial charge in [-0.2, -0.15) is 0 Å². The van der Waals surface area contributed by atoms with E-state index in [0.29, 0.717) is 30.1 Å². The van der Waals surface area contributed by atoms with Gasteiger partial charge in [0.2, 0.25) is 5.89 Å². The highest BCUT2D eigenvalue weighted by Gasteiger charge is 2.25. The molecule has 7 nitrogen and oxygen atoms in total. The van der Waals surface area contributed by atoms with E-state index in [2.05, 4.69) is 26.9 Å². The molecular weight excluding hydrogens is 308 g/mol. The number of piperazine rings is 1. The molecule has 132 valence electrons. The second-order valence-electron chi connectivity index (χ2n) is 6.25. The third kappa shape index (κ3) is 4.03. The SMILES string of the molecule is CCOCCN1CCN(Cc2nnc(-c3occc3C)o2)CC1C. The van der Waals surface area contributed by atoms with Gasteiger partial charge in [-0.1, -0.05) is 0 Å². The van der Waals surface area contributed by atoms with E-state index < -0.39 is 0 Å². The van der Waals surface area contributed by atoms with Crippen LogP contribution in [0.3, 0.4) is 0 Å². The molecule has 0 amide bonds. The molecule has 0 N–H and O–H groups in total. The average Bonchev–Trinajstić information content (AvgIpc) is 3.18. The van der Waals surface area contributed by atoms with Crippen LogP contribution < -0.4 is 0 Å². The van der Waals surface area contributed by atoms with E-state index >= 15 is 0 Å². The number of hydrogen-bond donors (Lipinski definition) is 0. The molecule has 3 heterocycles. The Labute approximate surface area is 142 Å². The van der Waals surface area contributed by atoms with Crippen LogP contribution in [0, 0.1) is 6.92 Å². The van der Waals surface area contributed by atoms with Gasteiger partial charge < -0.3 is 13.6 Å². The molecule has 2 aromatic rings. The van der Waals surface area contributed by atoms with Crippen LogP contribution in [-0.4, -0.2) is 65.4 Å². The lowest BCUT2D eigenvalue weighted by atomic mass is 10.2. The Balaban J connectivity index is 1.53. The third-order valence-electron chi connectivity index (χ3n) is 4.46. The predicted octanol–water partition coefficient (Wildman–Crippen LogP) is 2.18. The van der Waals surface area contributed by atoms with Crippen molar-refractivity contribution in [3.63, 3.8) is 0 Å². The van der Waals surface area contributed by atoms with Crippen molar-refractivity contribution < 1.29 is 13.6 Å². The maximum atomic E-state index is 5.76. The van der Waals surface area contributed by atoms with Crippen molar-refractivity contribution in [1.82, 2.24) is 20.0 Å². The quantitative estimate of drug-likeness (QED) is 0.719. The van der Waals surface area contributed by atoms with Crippen LogP contribution in [0.15, 0.2) is 21.2 Å². The summed E-state index contributed by atoms with van der Waals surface area (Å²) in [5, 5.41) is 8.27. The molecule has 0 saturated carbocycles. The van der Waals surface area contributed by atoms with Gasteiger partial charge >= 0.3 is 0 Å². The van der Waals surface area contributed by atoms with Gasteiger partial charge in [-0.25, -0.2) is 0 Å². The maximum absolute atomic E-state index is 5.76.